The van der Waals surface area contributed by atoms with E-state index in [0.717, 1.165) is 24.5 Å². The number of nitrogens with zero attached hydrogens (tertiary/aromatic N) is 1. The molecule has 3 nitrogen and oxygen atoms in total. The normalized spacial score (nSPS) is 11.6. The molecule has 0 saturated carbocycles. The van der Waals surface area contributed by atoms with Crippen LogP contribution in [0.1, 0.15) is 48.4 Å². The molecule has 0 amide bonds. The first-order chi connectivity index (χ1) is 16.1. The summed E-state index contributed by atoms with van der Waals surface area (Å²) in [6, 6.07) is 23.2. The number of ether oxygens (including phenoxy) is 2. The van der Waals surface area contributed by atoms with Gasteiger partial charge in [0.15, 0.2) is 0 Å². The SMILES string of the molecule is CC#C[C@@H](CC)c1ccc(OCc2ccc3ccn(Cc4ccc(OC)cc4)c3c2C)cc1. The predicted octanol–water partition coefficient (Wildman–Crippen LogP) is 7.10. The van der Waals surface area contributed by atoms with Crippen molar-refractivity contribution >= 4 is 10.9 Å². The maximum Gasteiger partial charge on any atom is 0.119 e. The van der Waals surface area contributed by atoms with Crippen molar-refractivity contribution in [3.63, 3.8) is 0 Å². The highest BCUT2D eigenvalue weighted by Crippen LogP contribution is 2.27. The average molecular weight is 438 g/mol. The zero-order valence-electron chi connectivity index (χ0n) is 19.9. The largest absolute Gasteiger partial charge is 0.497 e. The molecule has 33 heavy (non-hydrogen) atoms. The van der Waals surface area contributed by atoms with Crippen molar-refractivity contribution in [2.24, 2.45) is 0 Å². The highest BCUT2D eigenvalue weighted by atomic mass is 16.5. The van der Waals surface area contributed by atoms with E-state index >= 15 is 0 Å². The number of rotatable bonds is 8. The summed E-state index contributed by atoms with van der Waals surface area (Å²) < 4.78 is 13.7. The van der Waals surface area contributed by atoms with Crippen LogP contribution in [0.5, 0.6) is 11.5 Å². The van der Waals surface area contributed by atoms with Crippen molar-refractivity contribution in [1.82, 2.24) is 4.57 Å². The molecule has 0 bridgehead atoms. The Morgan fingerprint density at radius 1 is 0.909 bits per heavy atom. The molecular formula is C30H31NO2. The number of aromatic nitrogens is 1. The molecule has 4 rings (SSSR count). The van der Waals surface area contributed by atoms with Gasteiger partial charge in [-0.15, -0.1) is 5.92 Å². The fraction of sp³-hybridized carbons (Fsp3) is 0.267. The summed E-state index contributed by atoms with van der Waals surface area (Å²) in [4.78, 5) is 0. The second-order valence-corrected chi connectivity index (χ2v) is 8.29. The van der Waals surface area contributed by atoms with Gasteiger partial charge in [0.25, 0.3) is 0 Å². The number of aryl methyl sites for hydroxylation is 1. The molecule has 0 radical (unpaired) electrons. The van der Waals surface area contributed by atoms with E-state index in [2.05, 4.69) is 91.0 Å². The first-order valence-corrected chi connectivity index (χ1v) is 11.5. The van der Waals surface area contributed by atoms with Crippen molar-refractivity contribution in [3.8, 4) is 23.3 Å². The quantitative estimate of drug-likeness (QED) is 0.274. The third kappa shape index (κ3) is 5.07. The average Bonchev–Trinajstić information content (AvgIpc) is 3.26. The van der Waals surface area contributed by atoms with E-state index < -0.39 is 0 Å². The van der Waals surface area contributed by atoms with Crippen LogP contribution in [0.25, 0.3) is 10.9 Å². The minimum atomic E-state index is 0.284. The van der Waals surface area contributed by atoms with E-state index in [1.807, 2.05) is 19.1 Å². The van der Waals surface area contributed by atoms with E-state index in [4.69, 9.17) is 9.47 Å². The highest BCUT2D eigenvalue weighted by Gasteiger charge is 2.11. The molecule has 1 atom stereocenters. The Morgan fingerprint density at radius 3 is 2.30 bits per heavy atom. The number of hydrogen-bond acceptors (Lipinski definition) is 2. The minimum Gasteiger partial charge on any atom is -0.497 e. The Bertz CT molecular complexity index is 1270. The Morgan fingerprint density at radius 2 is 1.64 bits per heavy atom. The first-order valence-electron chi connectivity index (χ1n) is 11.5. The Labute approximate surface area is 197 Å². The lowest BCUT2D eigenvalue weighted by molar-refractivity contribution is 0.305. The van der Waals surface area contributed by atoms with Crippen LogP contribution < -0.4 is 9.47 Å². The van der Waals surface area contributed by atoms with E-state index in [-0.39, 0.29) is 5.92 Å². The molecule has 0 saturated heterocycles. The number of hydrogen-bond donors (Lipinski definition) is 0. The van der Waals surface area contributed by atoms with Crippen LogP contribution in [0, 0.1) is 18.8 Å². The topological polar surface area (TPSA) is 23.4 Å². The lowest BCUT2D eigenvalue weighted by atomic mass is 9.97. The number of methoxy groups -OCH3 is 1. The molecule has 0 aliphatic rings. The third-order valence-corrected chi connectivity index (χ3v) is 6.21. The Hall–Kier alpha value is -3.64. The molecule has 0 aliphatic carbocycles. The van der Waals surface area contributed by atoms with Gasteiger partial charge in [-0.2, -0.15) is 0 Å². The Kier molecular flexibility index (Phi) is 7.05. The minimum absolute atomic E-state index is 0.284. The van der Waals surface area contributed by atoms with Crippen LogP contribution >= 0.6 is 0 Å². The van der Waals surface area contributed by atoms with E-state index in [1.165, 1.54) is 33.2 Å². The third-order valence-electron chi connectivity index (χ3n) is 6.21. The van der Waals surface area contributed by atoms with Gasteiger partial charge in [-0.3, -0.25) is 0 Å². The molecule has 0 fully saturated rings. The van der Waals surface area contributed by atoms with Crippen molar-refractivity contribution in [2.75, 3.05) is 7.11 Å². The Balaban J connectivity index is 1.50. The van der Waals surface area contributed by atoms with Crippen molar-refractivity contribution in [2.45, 2.75) is 46.3 Å². The number of benzene rings is 3. The fourth-order valence-corrected chi connectivity index (χ4v) is 4.29. The molecule has 3 aromatic carbocycles. The van der Waals surface area contributed by atoms with Crippen molar-refractivity contribution in [3.05, 3.63) is 95.2 Å². The fourth-order valence-electron chi connectivity index (χ4n) is 4.29. The molecule has 0 unspecified atom stereocenters. The summed E-state index contributed by atoms with van der Waals surface area (Å²) in [5.41, 5.74) is 6.20. The monoisotopic (exact) mass is 437 g/mol. The van der Waals surface area contributed by atoms with Crippen LogP contribution in [-0.4, -0.2) is 11.7 Å². The summed E-state index contributed by atoms with van der Waals surface area (Å²) >= 11 is 0. The van der Waals surface area contributed by atoms with Gasteiger partial charge < -0.3 is 14.0 Å². The smallest absolute Gasteiger partial charge is 0.119 e. The lowest BCUT2D eigenvalue weighted by Crippen LogP contribution is -2.03. The molecular weight excluding hydrogens is 406 g/mol. The first kappa shape index (κ1) is 22.6. The van der Waals surface area contributed by atoms with Crippen LogP contribution in [0.3, 0.4) is 0 Å². The molecule has 0 aliphatic heterocycles. The molecule has 0 spiro atoms. The maximum absolute atomic E-state index is 6.15. The second-order valence-electron chi connectivity index (χ2n) is 8.29. The molecule has 0 N–H and O–H groups in total. The van der Waals surface area contributed by atoms with Crippen LogP contribution in [0.4, 0.5) is 0 Å². The second kappa shape index (κ2) is 10.3. The number of fused-ring (bicyclic) bond motifs is 1. The molecule has 168 valence electrons. The summed E-state index contributed by atoms with van der Waals surface area (Å²) in [5, 5.41) is 1.25. The van der Waals surface area contributed by atoms with Gasteiger partial charge in [0.05, 0.1) is 12.6 Å². The summed E-state index contributed by atoms with van der Waals surface area (Å²) in [5.74, 6) is 8.35. The van der Waals surface area contributed by atoms with E-state index in [9.17, 15) is 0 Å². The summed E-state index contributed by atoms with van der Waals surface area (Å²) in [6.07, 6.45) is 3.17. The molecule has 3 heteroatoms. The molecule has 4 aromatic rings. The van der Waals surface area contributed by atoms with E-state index in [0.29, 0.717) is 6.61 Å². The predicted molar refractivity (Wildman–Crippen MR) is 136 cm³/mol. The van der Waals surface area contributed by atoms with Gasteiger partial charge in [0.2, 0.25) is 0 Å². The van der Waals surface area contributed by atoms with Crippen LogP contribution in [-0.2, 0) is 13.2 Å². The molecule has 1 heterocycles. The van der Waals surface area contributed by atoms with Gasteiger partial charge in [-0.1, -0.05) is 49.2 Å². The van der Waals surface area contributed by atoms with Gasteiger partial charge in [-0.05, 0) is 78.2 Å². The van der Waals surface area contributed by atoms with Crippen molar-refractivity contribution < 1.29 is 9.47 Å². The van der Waals surface area contributed by atoms with Crippen LogP contribution in [0.15, 0.2) is 72.9 Å². The van der Waals surface area contributed by atoms with E-state index in [1.54, 1.807) is 7.11 Å². The van der Waals surface area contributed by atoms with Crippen LogP contribution in [0.2, 0.25) is 0 Å². The zero-order chi connectivity index (χ0) is 23.2. The lowest BCUT2D eigenvalue weighted by Gasteiger charge is -2.14. The zero-order valence-corrected chi connectivity index (χ0v) is 19.9. The summed E-state index contributed by atoms with van der Waals surface area (Å²) in [7, 11) is 1.69. The van der Waals surface area contributed by atoms with Crippen molar-refractivity contribution in [1.29, 1.82) is 0 Å². The summed E-state index contributed by atoms with van der Waals surface area (Å²) in [6.45, 7) is 7.61. The maximum atomic E-state index is 6.15. The van der Waals surface area contributed by atoms with Gasteiger partial charge >= 0.3 is 0 Å². The van der Waals surface area contributed by atoms with Gasteiger partial charge in [0.1, 0.15) is 18.1 Å². The molecule has 1 aromatic heterocycles. The van der Waals surface area contributed by atoms with Gasteiger partial charge in [-0.25, -0.2) is 0 Å². The highest BCUT2D eigenvalue weighted by molar-refractivity contribution is 5.84. The van der Waals surface area contributed by atoms with Gasteiger partial charge in [0, 0.05) is 18.7 Å². The standard InChI is InChI=1S/C30H31NO2/c1-5-7-24(6-2)25-12-16-29(17-13-25)33-21-27-11-10-26-18-19-31(30(26)22(27)3)20-23-8-14-28(32-4)15-9-23/h8-19,24H,6,20-21H2,1-4H3/t24-/m1/s1.